The Labute approximate surface area is 135 Å². The summed E-state index contributed by atoms with van der Waals surface area (Å²) in [7, 11) is 3.04. The van der Waals surface area contributed by atoms with Crippen molar-refractivity contribution in [1.29, 1.82) is 0 Å². The Bertz CT molecular complexity index is 833. The minimum Gasteiger partial charge on any atom is -0.496 e. The predicted octanol–water partition coefficient (Wildman–Crippen LogP) is 3.62. The average Bonchev–Trinajstić information content (AvgIpc) is 2.98. The molecule has 2 heterocycles. The highest BCUT2D eigenvalue weighted by Gasteiger charge is 2.14. The lowest BCUT2D eigenvalue weighted by Crippen LogP contribution is -2.00. The molecule has 2 aromatic heterocycles. The largest absolute Gasteiger partial charge is 0.496 e. The number of halogens is 1. The number of carbonyl (C=O) groups excluding carboxylic acids is 1. The summed E-state index contributed by atoms with van der Waals surface area (Å²) in [6.45, 7) is 0. The van der Waals surface area contributed by atoms with Crippen molar-refractivity contribution in [3.8, 4) is 17.2 Å². The van der Waals surface area contributed by atoms with E-state index in [2.05, 4.69) is 20.9 Å². The van der Waals surface area contributed by atoms with Gasteiger partial charge >= 0.3 is 0 Å². The zero-order valence-corrected chi connectivity index (χ0v) is 13.6. The quantitative estimate of drug-likeness (QED) is 0.666. The smallest absolute Gasteiger partial charge is 0.157 e. The van der Waals surface area contributed by atoms with Gasteiger partial charge in [0.2, 0.25) is 0 Å². The van der Waals surface area contributed by atoms with Crippen LogP contribution in [0.25, 0.3) is 16.7 Å². The lowest BCUT2D eigenvalue weighted by molar-refractivity contribution is 0.111. The Morgan fingerprint density at radius 3 is 2.45 bits per heavy atom. The fourth-order valence-electron chi connectivity index (χ4n) is 2.39. The Hall–Kier alpha value is -2.34. The zero-order chi connectivity index (χ0) is 15.7. The van der Waals surface area contributed by atoms with Gasteiger partial charge in [-0.25, -0.2) is 4.98 Å². The molecular weight excluding hydrogens is 348 g/mol. The normalized spacial score (nSPS) is 10.7. The summed E-state index contributed by atoms with van der Waals surface area (Å²) in [5, 5.41) is 1.000. The van der Waals surface area contributed by atoms with Gasteiger partial charge < -0.3 is 14.0 Å². The molecule has 0 aliphatic heterocycles. The second-order valence-electron chi connectivity index (χ2n) is 4.60. The zero-order valence-electron chi connectivity index (χ0n) is 12.0. The first-order valence-corrected chi connectivity index (χ1v) is 7.32. The molecule has 3 rings (SSSR count). The number of hydrogen-bond acceptors (Lipinski definition) is 4. The standard InChI is InChI=1S/C16H13BrN2O3/c1-21-14-7-10(8-15(22-2)12(14)9-20)19-6-4-11-13(17)3-5-18-16(11)19/h3-9H,1-2H3. The van der Waals surface area contributed by atoms with Crippen LogP contribution in [-0.4, -0.2) is 30.1 Å². The number of rotatable bonds is 4. The first kappa shape index (κ1) is 14.6. The number of ether oxygens (including phenoxy) is 2. The van der Waals surface area contributed by atoms with Gasteiger partial charge in [0.25, 0.3) is 0 Å². The van der Waals surface area contributed by atoms with Gasteiger partial charge in [-0.1, -0.05) is 0 Å². The van der Waals surface area contributed by atoms with Crippen LogP contribution in [0.1, 0.15) is 10.4 Å². The monoisotopic (exact) mass is 360 g/mol. The molecule has 5 nitrogen and oxygen atoms in total. The van der Waals surface area contributed by atoms with Crippen molar-refractivity contribution in [2.45, 2.75) is 0 Å². The van der Waals surface area contributed by atoms with Gasteiger partial charge in [0.1, 0.15) is 17.1 Å². The van der Waals surface area contributed by atoms with Crippen molar-refractivity contribution in [3.63, 3.8) is 0 Å². The third kappa shape index (κ3) is 2.25. The van der Waals surface area contributed by atoms with Crippen LogP contribution < -0.4 is 9.47 Å². The molecule has 0 atom stereocenters. The number of nitrogens with zero attached hydrogens (tertiary/aromatic N) is 2. The average molecular weight is 361 g/mol. The Morgan fingerprint density at radius 1 is 1.18 bits per heavy atom. The van der Waals surface area contributed by atoms with E-state index in [9.17, 15) is 4.79 Å². The van der Waals surface area contributed by atoms with Crippen LogP contribution in [0.3, 0.4) is 0 Å². The minimum atomic E-state index is 0.388. The lowest BCUT2D eigenvalue weighted by atomic mass is 10.1. The number of aldehydes is 1. The van der Waals surface area contributed by atoms with Crippen molar-refractivity contribution < 1.29 is 14.3 Å². The summed E-state index contributed by atoms with van der Waals surface area (Å²) in [4.78, 5) is 15.6. The van der Waals surface area contributed by atoms with Gasteiger partial charge in [-0.3, -0.25) is 4.79 Å². The second kappa shape index (κ2) is 5.81. The Kier molecular flexibility index (Phi) is 3.85. The van der Waals surface area contributed by atoms with E-state index < -0.39 is 0 Å². The molecule has 112 valence electrons. The highest BCUT2D eigenvalue weighted by molar-refractivity contribution is 9.10. The van der Waals surface area contributed by atoms with Gasteiger partial charge in [0.05, 0.1) is 25.5 Å². The molecule has 0 aliphatic carbocycles. The van der Waals surface area contributed by atoms with E-state index in [-0.39, 0.29) is 0 Å². The van der Waals surface area contributed by atoms with E-state index in [4.69, 9.17) is 9.47 Å². The molecule has 0 aliphatic rings. The maximum absolute atomic E-state index is 11.2. The number of aromatic nitrogens is 2. The van der Waals surface area contributed by atoms with Crippen molar-refractivity contribution in [2.24, 2.45) is 0 Å². The van der Waals surface area contributed by atoms with Crippen molar-refractivity contribution in [2.75, 3.05) is 14.2 Å². The van der Waals surface area contributed by atoms with Crippen LogP contribution in [0.4, 0.5) is 0 Å². The van der Waals surface area contributed by atoms with Gasteiger partial charge in [0.15, 0.2) is 6.29 Å². The van der Waals surface area contributed by atoms with Crippen LogP contribution >= 0.6 is 15.9 Å². The molecule has 6 heteroatoms. The molecule has 0 unspecified atom stereocenters. The first-order valence-electron chi connectivity index (χ1n) is 6.52. The van der Waals surface area contributed by atoms with Crippen molar-refractivity contribution >= 4 is 33.2 Å². The maximum Gasteiger partial charge on any atom is 0.157 e. The summed E-state index contributed by atoms with van der Waals surface area (Å²) in [6, 6.07) is 7.44. The molecule has 0 saturated heterocycles. The molecule has 0 radical (unpaired) electrons. The third-order valence-electron chi connectivity index (χ3n) is 3.46. The van der Waals surface area contributed by atoms with E-state index in [0.29, 0.717) is 17.1 Å². The van der Waals surface area contributed by atoms with E-state index in [1.54, 1.807) is 18.3 Å². The number of pyridine rings is 1. The molecular formula is C16H13BrN2O3. The topological polar surface area (TPSA) is 53.4 Å². The van der Waals surface area contributed by atoms with Gasteiger partial charge in [0, 0.05) is 34.4 Å². The number of fused-ring (bicyclic) bond motifs is 1. The minimum absolute atomic E-state index is 0.388. The number of hydrogen-bond donors (Lipinski definition) is 0. The fourth-order valence-corrected chi connectivity index (χ4v) is 2.82. The molecule has 0 bridgehead atoms. The van der Waals surface area contributed by atoms with Crippen LogP contribution in [0.2, 0.25) is 0 Å². The summed E-state index contributed by atoms with van der Waals surface area (Å²) < 4.78 is 13.5. The van der Waals surface area contributed by atoms with Crippen LogP contribution in [0.15, 0.2) is 41.1 Å². The molecule has 0 N–H and O–H groups in total. The fraction of sp³-hybridized carbons (Fsp3) is 0.125. The Morgan fingerprint density at radius 2 is 1.86 bits per heavy atom. The molecule has 0 saturated carbocycles. The van der Waals surface area contributed by atoms with Gasteiger partial charge in [-0.2, -0.15) is 0 Å². The molecule has 0 amide bonds. The van der Waals surface area contributed by atoms with Crippen LogP contribution in [0, 0.1) is 0 Å². The SMILES string of the molecule is COc1cc(-n2ccc3c(Br)ccnc32)cc(OC)c1C=O. The summed E-state index contributed by atoms with van der Waals surface area (Å²) in [6.07, 6.45) is 4.37. The van der Waals surface area contributed by atoms with E-state index >= 15 is 0 Å². The predicted molar refractivity (Wildman–Crippen MR) is 87.3 cm³/mol. The van der Waals surface area contributed by atoms with Gasteiger partial charge in [-0.15, -0.1) is 0 Å². The van der Waals surface area contributed by atoms with Gasteiger partial charge in [-0.05, 0) is 28.1 Å². The van der Waals surface area contributed by atoms with E-state index in [1.165, 1.54) is 14.2 Å². The third-order valence-corrected chi connectivity index (χ3v) is 4.15. The van der Waals surface area contributed by atoms with Crippen LogP contribution in [-0.2, 0) is 0 Å². The Balaban J connectivity index is 2.27. The van der Waals surface area contributed by atoms with Crippen LogP contribution in [0.5, 0.6) is 11.5 Å². The number of benzene rings is 1. The summed E-state index contributed by atoms with van der Waals surface area (Å²) in [5.74, 6) is 0.919. The molecule has 0 fully saturated rings. The summed E-state index contributed by atoms with van der Waals surface area (Å²) >= 11 is 3.51. The molecule has 22 heavy (non-hydrogen) atoms. The van der Waals surface area contributed by atoms with Crippen molar-refractivity contribution in [3.05, 3.63) is 46.7 Å². The highest BCUT2D eigenvalue weighted by Crippen LogP contribution is 2.33. The molecule has 1 aromatic carbocycles. The van der Waals surface area contributed by atoms with E-state index in [1.807, 2.05) is 22.9 Å². The lowest BCUT2D eigenvalue weighted by Gasteiger charge is -2.13. The molecule has 0 spiro atoms. The second-order valence-corrected chi connectivity index (χ2v) is 5.45. The summed E-state index contributed by atoms with van der Waals surface area (Å²) in [5.41, 5.74) is 2.00. The first-order chi connectivity index (χ1) is 10.7. The number of methoxy groups -OCH3 is 2. The van der Waals surface area contributed by atoms with Crippen molar-refractivity contribution in [1.82, 2.24) is 9.55 Å². The maximum atomic E-state index is 11.2. The number of carbonyl (C=O) groups is 1. The highest BCUT2D eigenvalue weighted by atomic mass is 79.9. The van der Waals surface area contributed by atoms with E-state index in [0.717, 1.165) is 27.5 Å². The molecule has 3 aromatic rings.